The number of esters is 1. The number of carbonyl (C=O) groups is 2. The molecule has 1 amide bonds. The SMILES string of the molecule is COC(=O)C(CC(C)C)NC(=O)CC(C)C1CCNCC1.Cl. The molecule has 1 aliphatic rings. The van der Waals surface area contributed by atoms with Gasteiger partial charge in [0.15, 0.2) is 0 Å². The molecule has 2 N–H and O–H groups in total. The van der Waals surface area contributed by atoms with Crippen LogP contribution < -0.4 is 10.6 Å². The standard InChI is InChI=1S/C16H30N2O3.ClH/c1-11(2)9-14(16(20)21-4)18-15(19)10-12(3)13-5-7-17-8-6-13;/h11-14,17H,5-10H2,1-4H3,(H,18,19);1H. The molecule has 1 fully saturated rings. The molecule has 0 aromatic rings. The van der Waals surface area contributed by atoms with E-state index in [1.807, 2.05) is 13.8 Å². The van der Waals surface area contributed by atoms with Crippen LogP contribution in [0.2, 0.25) is 0 Å². The molecule has 0 aliphatic carbocycles. The zero-order valence-corrected chi connectivity index (χ0v) is 15.0. The third-order valence-electron chi connectivity index (χ3n) is 4.22. The summed E-state index contributed by atoms with van der Waals surface area (Å²) in [5.41, 5.74) is 0. The summed E-state index contributed by atoms with van der Waals surface area (Å²) in [4.78, 5) is 23.9. The highest BCUT2D eigenvalue weighted by atomic mass is 35.5. The summed E-state index contributed by atoms with van der Waals surface area (Å²) in [6.45, 7) is 8.26. The molecule has 1 rings (SSSR count). The van der Waals surface area contributed by atoms with Gasteiger partial charge in [0.2, 0.25) is 5.91 Å². The van der Waals surface area contributed by atoms with Crippen LogP contribution >= 0.6 is 12.4 Å². The van der Waals surface area contributed by atoms with Gasteiger partial charge in [-0.1, -0.05) is 20.8 Å². The summed E-state index contributed by atoms with van der Waals surface area (Å²) < 4.78 is 4.77. The molecule has 0 aromatic carbocycles. The van der Waals surface area contributed by atoms with E-state index >= 15 is 0 Å². The van der Waals surface area contributed by atoms with Crippen molar-refractivity contribution in [2.45, 2.75) is 52.5 Å². The number of piperidine rings is 1. The predicted octanol–water partition coefficient (Wildman–Crippen LogP) is 2.14. The van der Waals surface area contributed by atoms with Gasteiger partial charge < -0.3 is 15.4 Å². The van der Waals surface area contributed by atoms with Gasteiger partial charge in [0.25, 0.3) is 0 Å². The first-order valence-electron chi connectivity index (χ1n) is 8.02. The van der Waals surface area contributed by atoms with Crippen LogP contribution in [0.4, 0.5) is 0 Å². The van der Waals surface area contributed by atoms with E-state index in [2.05, 4.69) is 17.6 Å². The highest BCUT2D eigenvalue weighted by molar-refractivity contribution is 5.85. The van der Waals surface area contributed by atoms with E-state index < -0.39 is 6.04 Å². The van der Waals surface area contributed by atoms with Crippen LogP contribution in [0.1, 0.15) is 46.5 Å². The molecule has 1 aliphatic heterocycles. The fourth-order valence-corrected chi connectivity index (χ4v) is 2.95. The largest absolute Gasteiger partial charge is 0.467 e. The zero-order valence-electron chi connectivity index (χ0n) is 14.2. The summed E-state index contributed by atoms with van der Waals surface area (Å²) in [5, 5.41) is 6.18. The van der Waals surface area contributed by atoms with Gasteiger partial charge >= 0.3 is 5.97 Å². The van der Waals surface area contributed by atoms with Crippen molar-refractivity contribution in [2.24, 2.45) is 17.8 Å². The Kier molecular flexibility index (Phi) is 10.4. The first-order valence-corrected chi connectivity index (χ1v) is 8.02. The van der Waals surface area contributed by atoms with Crippen LogP contribution in [0.5, 0.6) is 0 Å². The Morgan fingerprint density at radius 3 is 2.32 bits per heavy atom. The predicted molar refractivity (Wildman–Crippen MR) is 90.0 cm³/mol. The van der Waals surface area contributed by atoms with Crippen molar-refractivity contribution in [1.82, 2.24) is 10.6 Å². The second-order valence-corrected chi connectivity index (χ2v) is 6.54. The van der Waals surface area contributed by atoms with Crippen molar-refractivity contribution in [2.75, 3.05) is 20.2 Å². The molecule has 6 heteroatoms. The molecule has 2 atom stereocenters. The smallest absolute Gasteiger partial charge is 0.328 e. The van der Waals surface area contributed by atoms with Crippen LogP contribution in [-0.4, -0.2) is 38.1 Å². The van der Waals surface area contributed by atoms with E-state index in [1.54, 1.807) is 0 Å². The van der Waals surface area contributed by atoms with E-state index in [0.717, 1.165) is 25.9 Å². The lowest BCUT2D eigenvalue weighted by atomic mass is 9.84. The Balaban J connectivity index is 0.00000441. The summed E-state index contributed by atoms with van der Waals surface area (Å²) in [5.74, 6) is 0.878. The third kappa shape index (κ3) is 7.45. The molecule has 2 unspecified atom stereocenters. The van der Waals surface area contributed by atoms with Crippen molar-refractivity contribution in [3.63, 3.8) is 0 Å². The number of ether oxygens (including phenoxy) is 1. The lowest BCUT2D eigenvalue weighted by Crippen LogP contribution is -2.43. The lowest BCUT2D eigenvalue weighted by molar-refractivity contribution is -0.145. The number of rotatable bonds is 7. The van der Waals surface area contributed by atoms with E-state index in [-0.39, 0.29) is 24.3 Å². The van der Waals surface area contributed by atoms with E-state index in [4.69, 9.17) is 4.74 Å². The average molecular weight is 335 g/mol. The van der Waals surface area contributed by atoms with E-state index in [0.29, 0.717) is 30.6 Å². The van der Waals surface area contributed by atoms with Gasteiger partial charge in [-0.25, -0.2) is 4.79 Å². The number of halogens is 1. The molecular weight excluding hydrogens is 304 g/mol. The van der Waals surface area contributed by atoms with Gasteiger partial charge in [-0.15, -0.1) is 12.4 Å². The first kappa shape index (κ1) is 21.2. The number of hydrogen-bond acceptors (Lipinski definition) is 4. The highest BCUT2D eigenvalue weighted by Gasteiger charge is 2.26. The van der Waals surface area contributed by atoms with E-state index in [9.17, 15) is 9.59 Å². The van der Waals surface area contributed by atoms with Gasteiger partial charge in [-0.2, -0.15) is 0 Å². The summed E-state index contributed by atoms with van der Waals surface area (Å²) in [7, 11) is 1.36. The van der Waals surface area contributed by atoms with Gasteiger partial charge in [0, 0.05) is 6.42 Å². The lowest BCUT2D eigenvalue weighted by Gasteiger charge is -2.28. The molecule has 5 nitrogen and oxygen atoms in total. The van der Waals surface area contributed by atoms with Crippen LogP contribution in [0.3, 0.4) is 0 Å². The monoisotopic (exact) mass is 334 g/mol. The molecular formula is C16H31ClN2O3. The number of carbonyl (C=O) groups excluding carboxylic acids is 2. The minimum atomic E-state index is -0.525. The zero-order chi connectivity index (χ0) is 15.8. The molecule has 0 aromatic heterocycles. The minimum absolute atomic E-state index is 0. The Labute approximate surface area is 140 Å². The molecule has 130 valence electrons. The second kappa shape index (κ2) is 10.8. The summed E-state index contributed by atoms with van der Waals surface area (Å²) in [6.07, 6.45) is 3.35. The quantitative estimate of drug-likeness (QED) is 0.700. The minimum Gasteiger partial charge on any atom is -0.467 e. The van der Waals surface area contributed by atoms with Gasteiger partial charge in [0.1, 0.15) is 6.04 Å². The maximum atomic E-state index is 12.2. The van der Waals surface area contributed by atoms with Crippen molar-refractivity contribution in [1.29, 1.82) is 0 Å². The maximum absolute atomic E-state index is 12.2. The molecule has 0 radical (unpaired) electrons. The Bertz CT molecular complexity index is 344. The van der Waals surface area contributed by atoms with Gasteiger partial charge in [0.05, 0.1) is 7.11 Å². The first-order chi connectivity index (χ1) is 9.93. The van der Waals surface area contributed by atoms with Crippen LogP contribution in [0.15, 0.2) is 0 Å². The molecule has 0 spiro atoms. The fourth-order valence-electron chi connectivity index (χ4n) is 2.95. The molecule has 0 saturated carbocycles. The van der Waals surface area contributed by atoms with Crippen molar-refractivity contribution < 1.29 is 14.3 Å². The molecule has 22 heavy (non-hydrogen) atoms. The second-order valence-electron chi connectivity index (χ2n) is 6.54. The number of amides is 1. The number of nitrogens with one attached hydrogen (secondary N) is 2. The highest BCUT2D eigenvalue weighted by Crippen LogP contribution is 2.24. The van der Waals surface area contributed by atoms with Crippen LogP contribution in [0.25, 0.3) is 0 Å². The molecule has 1 heterocycles. The normalized spacial score (nSPS) is 18.2. The average Bonchev–Trinajstić information content (AvgIpc) is 2.46. The van der Waals surface area contributed by atoms with Crippen LogP contribution in [-0.2, 0) is 14.3 Å². The Morgan fingerprint density at radius 1 is 1.23 bits per heavy atom. The van der Waals surface area contributed by atoms with Crippen molar-refractivity contribution >= 4 is 24.3 Å². The van der Waals surface area contributed by atoms with Crippen molar-refractivity contribution in [3.8, 4) is 0 Å². The van der Waals surface area contributed by atoms with Gasteiger partial charge in [-0.3, -0.25) is 4.79 Å². The summed E-state index contributed by atoms with van der Waals surface area (Å²) in [6, 6.07) is -0.525. The summed E-state index contributed by atoms with van der Waals surface area (Å²) >= 11 is 0. The van der Waals surface area contributed by atoms with Gasteiger partial charge in [-0.05, 0) is 50.1 Å². The van der Waals surface area contributed by atoms with Crippen LogP contribution in [0, 0.1) is 17.8 Å². The molecule has 0 bridgehead atoms. The number of methoxy groups -OCH3 is 1. The Morgan fingerprint density at radius 2 is 1.82 bits per heavy atom. The fraction of sp³-hybridized carbons (Fsp3) is 0.875. The molecule has 1 saturated heterocycles. The maximum Gasteiger partial charge on any atom is 0.328 e. The third-order valence-corrected chi connectivity index (χ3v) is 4.22. The van der Waals surface area contributed by atoms with E-state index in [1.165, 1.54) is 7.11 Å². The van der Waals surface area contributed by atoms with Crippen molar-refractivity contribution in [3.05, 3.63) is 0 Å². The Hall–Kier alpha value is -0.810. The number of hydrogen-bond donors (Lipinski definition) is 2. The topological polar surface area (TPSA) is 67.4 Å².